The van der Waals surface area contributed by atoms with Gasteiger partial charge in [-0.05, 0) is 26.2 Å². The standard InChI is InChI=1S/C20H26FN3O2/c1-23(2)12-13-24(15-17-9-4-6-10-18(17)21)20(25)22-14-16-8-5-7-11-19(16)26-3/h4-11H,12-15H2,1-3H3,(H,22,25). The lowest BCUT2D eigenvalue weighted by Gasteiger charge is -2.25. The van der Waals surface area contributed by atoms with Crippen LogP contribution in [0.5, 0.6) is 5.75 Å². The Morgan fingerprint density at radius 2 is 1.69 bits per heavy atom. The predicted molar refractivity (Wildman–Crippen MR) is 101 cm³/mol. The minimum Gasteiger partial charge on any atom is -0.496 e. The highest BCUT2D eigenvalue weighted by atomic mass is 19.1. The van der Waals surface area contributed by atoms with Gasteiger partial charge in [-0.3, -0.25) is 0 Å². The van der Waals surface area contributed by atoms with Crippen LogP contribution in [0, 0.1) is 5.82 Å². The number of halogens is 1. The largest absolute Gasteiger partial charge is 0.496 e. The van der Waals surface area contributed by atoms with Gasteiger partial charge in [0, 0.05) is 30.8 Å². The van der Waals surface area contributed by atoms with Crippen LogP contribution in [-0.4, -0.2) is 50.1 Å². The summed E-state index contributed by atoms with van der Waals surface area (Å²) in [6.07, 6.45) is 0. The second-order valence-corrected chi connectivity index (χ2v) is 6.29. The Bertz CT molecular complexity index is 722. The molecule has 0 aliphatic heterocycles. The van der Waals surface area contributed by atoms with Crippen molar-refractivity contribution in [2.75, 3.05) is 34.3 Å². The van der Waals surface area contributed by atoms with Gasteiger partial charge in [0.1, 0.15) is 11.6 Å². The van der Waals surface area contributed by atoms with Crippen molar-refractivity contribution in [2.24, 2.45) is 0 Å². The molecule has 0 atom stereocenters. The third kappa shape index (κ3) is 5.74. The Morgan fingerprint density at radius 1 is 1.04 bits per heavy atom. The number of nitrogens with zero attached hydrogens (tertiary/aromatic N) is 2. The van der Waals surface area contributed by atoms with Crippen molar-refractivity contribution in [3.8, 4) is 5.75 Å². The van der Waals surface area contributed by atoms with Crippen LogP contribution in [0.4, 0.5) is 9.18 Å². The first-order chi connectivity index (χ1) is 12.5. The minimum absolute atomic E-state index is 0.221. The number of hydrogen-bond acceptors (Lipinski definition) is 3. The maximum atomic E-state index is 14.0. The molecule has 0 saturated carbocycles. The van der Waals surface area contributed by atoms with Gasteiger partial charge in [-0.2, -0.15) is 0 Å². The summed E-state index contributed by atoms with van der Waals surface area (Å²) in [7, 11) is 5.48. The Kier molecular flexibility index (Phi) is 7.41. The number of nitrogens with one attached hydrogen (secondary N) is 1. The van der Waals surface area contributed by atoms with E-state index in [1.807, 2.05) is 43.3 Å². The quantitative estimate of drug-likeness (QED) is 0.788. The van der Waals surface area contributed by atoms with E-state index in [0.717, 1.165) is 11.3 Å². The first kappa shape index (κ1) is 19.7. The van der Waals surface area contributed by atoms with Gasteiger partial charge in [0.2, 0.25) is 0 Å². The molecule has 5 nitrogen and oxygen atoms in total. The first-order valence-corrected chi connectivity index (χ1v) is 8.54. The van der Waals surface area contributed by atoms with E-state index in [9.17, 15) is 9.18 Å². The summed E-state index contributed by atoms with van der Waals surface area (Å²) in [6.45, 7) is 1.76. The number of methoxy groups -OCH3 is 1. The number of hydrogen-bond donors (Lipinski definition) is 1. The van der Waals surface area contributed by atoms with E-state index in [-0.39, 0.29) is 18.4 Å². The zero-order chi connectivity index (χ0) is 18.9. The van der Waals surface area contributed by atoms with E-state index in [4.69, 9.17) is 4.74 Å². The van der Waals surface area contributed by atoms with Crippen molar-refractivity contribution in [3.05, 3.63) is 65.5 Å². The van der Waals surface area contributed by atoms with Crippen molar-refractivity contribution < 1.29 is 13.9 Å². The zero-order valence-electron chi connectivity index (χ0n) is 15.5. The second kappa shape index (κ2) is 9.77. The number of benzene rings is 2. The van der Waals surface area contributed by atoms with Gasteiger partial charge >= 0.3 is 6.03 Å². The summed E-state index contributed by atoms with van der Waals surface area (Å²) < 4.78 is 19.3. The molecule has 6 heteroatoms. The molecular weight excluding hydrogens is 333 g/mol. The maximum absolute atomic E-state index is 14.0. The minimum atomic E-state index is -0.306. The van der Waals surface area contributed by atoms with Gasteiger partial charge in [0.25, 0.3) is 0 Å². The van der Waals surface area contributed by atoms with Crippen molar-refractivity contribution in [3.63, 3.8) is 0 Å². The fourth-order valence-corrected chi connectivity index (χ4v) is 2.54. The molecule has 2 rings (SSSR count). The van der Waals surface area contributed by atoms with Crippen LogP contribution in [-0.2, 0) is 13.1 Å². The van der Waals surface area contributed by atoms with Crippen LogP contribution in [0.1, 0.15) is 11.1 Å². The number of carbonyl (C=O) groups excluding carboxylic acids is 1. The predicted octanol–water partition coefficient (Wildman–Crippen LogP) is 3.11. The van der Waals surface area contributed by atoms with E-state index < -0.39 is 0 Å². The number of amides is 2. The molecule has 0 aromatic heterocycles. The van der Waals surface area contributed by atoms with E-state index in [0.29, 0.717) is 25.2 Å². The Morgan fingerprint density at radius 3 is 2.35 bits per heavy atom. The van der Waals surface area contributed by atoms with Gasteiger partial charge in [0.15, 0.2) is 0 Å². The normalized spacial score (nSPS) is 10.7. The van der Waals surface area contributed by atoms with Gasteiger partial charge in [0.05, 0.1) is 13.7 Å². The number of rotatable bonds is 8. The molecule has 2 aromatic rings. The topological polar surface area (TPSA) is 44.8 Å². The summed E-state index contributed by atoms with van der Waals surface area (Å²) in [5.74, 6) is 0.418. The van der Waals surface area contributed by atoms with E-state index in [1.54, 1.807) is 30.2 Å². The summed E-state index contributed by atoms with van der Waals surface area (Å²) in [4.78, 5) is 16.3. The molecule has 26 heavy (non-hydrogen) atoms. The average molecular weight is 359 g/mol. The highest BCUT2D eigenvalue weighted by molar-refractivity contribution is 5.74. The van der Waals surface area contributed by atoms with Crippen molar-refractivity contribution in [2.45, 2.75) is 13.1 Å². The fourth-order valence-electron chi connectivity index (χ4n) is 2.54. The second-order valence-electron chi connectivity index (χ2n) is 6.29. The van der Waals surface area contributed by atoms with Crippen LogP contribution >= 0.6 is 0 Å². The van der Waals surface area contributed by atoms with Crippen LogP contribution < -0.4 is 10.1 Å². The molecule has 0 fully saturated rings. The summed E-state index contributed by atoms with van der Waals surface area (Å²) in [5.41, 5.74) is 1.39. The maximum Gasteiger partial charge on any atom is 0.318 e. The van der Waals surface area contributed by atoms with Crippen molar-refractivity contribution in [1.29, 1.82) is 0 Å². The number of likely N-dealkylation sites (N-methyl/N-ethyl adjacent to an activating group) is 1. The van der Waals surface area contributed by atoms with Crippen LogP contribution in [0.15, 0.2) is 48.5 Å². The molecule has 2 amide bonds. The molecule has 0 heterocycles. The number of carbonyl (C=O) groups is 1. The molecule has 1 N–H and O–H groups in total. The highest BCUT2D eigenvalue weighted by Crippen LogP contribution is 2.17. The van der Waals surface area contributed by atoms with Gasteiger partial charge in [-0.15, -0.1) is 0 Å². The van der Waals surface area contributed by atoms with E-state index in [2.05, 4.69) is 5.32 Å². The summed E-state index contributed by atoms with van der Waals surface area (Å²) in [6, 6.07) is 13.8. The SMILES string of the molecule is COc1ccccc1CNC(=O)N(CCN(C)C)Cc1ccccc1F. The third-order valence-corrected chi connectivity index (χ3v) is 4.05. The lowest BCUT2D eigenvalue weighted by molar-refractivity contribution is 0.187. The lowest BCUT2D eigenvalue weighted by Crippen LogP contribution is -2.42. The van der Waals surface area contributed by atoms with E-state index in [1.165, 1.54) is 6.07 Å². The molecule has 0 spiro atoms. The lowest BCUT2D eigenvalue weighted by atomic mass is 10.2. The molecule has 0 aliphatic carbocycles. The Hall–Kier alpha value is -2.60. The summed E-state index contributed by atoms with van der Waals surface area (Å²) in [5, 5.41) is 2.90. The van der Waals surface area contributed by atoms with Crippen LogP contribution in [0.25, 0.3) is 0 Å². The van der Waals surface area contributed by atoms with Crippen LogP contribution in [0.3, 0.4) is 0 Å². The monoisotopic (exact) mass is 359 g/mol. The van der Waals surface area contributed by atoms with E-state index >= 15 is 0 Å². The number of urea groups is 1. The number of ether oxygens (including phenoxy) is 1. The Labute approximate surface area is 154 Å². The third-order valence-electron chi connectivity index (χ3n) is 4.05. The molecule has 0 aliphatic rings. The van der Waals surface area contributed by atoms with Gasteiger partial charge in [-0.1, -0.05) is 36.4 Å². The molecule has 0 radical (unpaired) electrons. The number of para-hydroxylation sites is 1. The molecular formula is C20H26FN3O2. The van der Waals surface area contributed by atoms with Crippen LogP contribution in [0.2, 0.25) is 0 Å². The first-order valence-electron chi connectivity index (χ1n) is 8.54. The van der Waals surface area contributed by atoms with Crippen molar-refractivity contribution >= 4 is 6.03 Å². The van der Waals surface area contributed by atoms with Crippen molar-refractivity contribution in [1.82, 2.24) is 15.1 Å². The van der Waals surface area contributed by atoms with Gasteiger partial charge < -0.3 is 19.9 Å². The zero-order valence-corrected chi connectivity index (χ0v) is 15.5. The molecule has 140 valence electrons. The molecule has 2 aromatic carbocycles. The Balaban J connectivity index is 2.06. The van der Waals surface area contributed by atoms with Gasteiger partial charge in [-0.25, -0.2) is 9.18 Å². The molecule has 0 unspecified atom stereocenters. The summed E-state index contributed by atoms with van der Waals surface area (Å²) >= 11 is 0. The highest BCUT2D eigenvalue weighted by Gasteiger charge is 2.16. The molecule has 0 saturated heterocycles. The average Bonchev–Trinajstić information content (AvgIpc) is 2.64. The fraction of sp³-hybridized carbons (Fsp3) is 0.350. The molecule has 0 bridgehead atoms. The smallest absolute Gasteiger partial charge is 0.318 e.